The molecule has 3 aliphatic rings. The molecule has 0 amide bonds. The minimum absolute atomic E-state index is 0.526. The lowest BCUT2D eigenvalue weighted by Gasteiger charge is -2.45. The van der Waals surface area contributed by atoms with E-state index < -0.39 is 0 Å². The lowest BCUT2D eigenvalue weighted by Crippen LogP contribution is -2.37. The van der Waals surface area contributed by atoms with Crippen molar-refractivity contribution in [1.82, 2.24) is 9.88 Å². The second-order valence-electron chi connectivity index (χ2n) is 5.97. The van der Waals surface area contributed by atoms with Gasteiger partial charge in [-0.1, -0.05) is 12.5 Å². The van der Waals surface area contributed by atoms with Gasteiger partial charge in [0.05, 0.1) is 0 Å². The molecule has 2 heteroatoms. The molecule has 0 atom stereocenters. The fourth-order valence-electron chi connectivity index (χ4n) is 4.04. The zero-order chi connectivity index (χ0) is 11.5. The van der Waals surface area contributed by atoms with E-state index in [2.05, 4.69) is 29.1 Å². The minimum atomic E-state index is 0.526. The Balaban J connectivity index is 1.96. The summed E-state index contributed by atoms with van der Waals surface area (Å²) in [5.41, 5.74) is 6.87. The van der Waals surface area contributed by atoms with Gasteiger partial charge in [-0.15, -0.1) is 0 Å². The summed E-state index contributed by atoms with van der Waals surface area (Å²) in [5, 5.41) is 3.54. The zero-order valence-electron chi connectivity index (χ0n) is 10.6. The standard InChI is InChI=1S/C15H20N2/c1-11-10-17-8-7-16-9-12-3-6-15(4-2-5-15)13(11)14(12)17/h3,10,16H,2,4-9H2,1H3. The van der Waals surface area contributed by atoms with E-state index in [0.29, 0.717) is 5.41 Å². The topological polar surface area (TPSA) is 17.0 Å². The quantitative estimate of drug-likeness (QED) is 0.722. The zero-order valence-corrected chi connectivity index (χ0v) is 10.6. The van der Waals surface area contributed by atoms with E-state index in [4.69, 9.17) is 0 Å². The van der Waals surface area contributed by atoms with Gasteiger partial charge in [-0.3, -0.25) is 0 Å². The van der Waals surface area contributed by atoms with Crippen LogP contribution in [0.4, 0.5) is 0 Å². The Morgan fingerprint density at radius 3 is 3.00 bits per heavy atom. The molecule has 1 aromatic heterocycles. The van der Waals surface area contributed by atoms with E-state index in [9.17, 15) is 0 Å². The number of aromatic nitrogens is 1. The normalized spacial score (nSPS) is 24.9. The maximum atomic E-state index is 3.54. The van der Waals surface area contributed by atoms with Crippen molar-refractivity contribution < 1.29 is 0 Å². The summed E-state index contributed by atoms with van der Waals surface area (Å²) in [6.45, 7) is 5.61. The predicted molar refractivity (Wildman–Crippen MR) is 70.2 cm³/mol. The van der Waals surface area contributed by atoms with Crippen LogP contribution in [-0.2, 0) is 12.0 Å². The molecule has 1 aromatic rings. The van der Waals surface area contributed by atoms with Gasteiger partial charge in [-0.05, 0) is 42.9 Å². The van der Waals surface area contributed by atoms with Crippen LogP contribution in [0, 0.1) is 6.92 Å². The summed E-state index contributed by atoms with van der Waals surface area (Å²) in [6.07, 6.45) is 10.4. The smallest absolute Gasteiger partial charge is 0.0490 e. The van der Waals surface area contributed by atoms with Crippen molar-refractivity contribution in [1.29, 1.82) is 0 Å². The van der Waals surface area contributed by atoms with Gasteiger partial charge in [0.25, 0.3) is 0 Å². The Morgan fingerprint density at radius 2 is 2.24 bits per heavy atom. The molecule has 1 spiro atoms. The number of allylic oxidation sites excluding steroid dienone is 1. The van der Waals surface area contributed by atoms with Crippen LogP contribution < -0.4 is 5.32 Å². The van der Waals surface area contributed by atoms with Gasteiger partial charge in [-0.25, -0.2) is 0 Å². The maximum Gasteiger partial charge on any atom is 0.0490 e. The Bertz CT molecular complexity index is 503. The largest absolute Gasteiger partial charge is 0.346 e. The molecular formula is C15H20N2. The lowest BCUT2D eigenvalue weighted by molar-refractivity contribution is 0.242. The van der Waals surface area contributed by atoms with Crippen molar-refractivity contribution in [2.24, 2.45) is 0 Å². The summed E-state index contributed by atoms with van der Waals surface area (Å²) < 4.78 is 2.50. The van der Waals surface area contributed by atoms with Crippen molar-refractivity contribution in [3.63, 3.8) is 0 Å². The Kier molecular flexibility index (Phi) is 1.91. The average Bonchev–Trinajstić information content (AvgIpc) is 2.49. The van der Waals surface area contributed by atoms with Crippen LogP contribution in [0.3, 0.4) is 0 Å². The first-order valence-corrected chi connectivity index (χ1v) is 6.90. The van der Waals surface area contributed by atoms with Crippen LogP contribution in [0.5, 0.6) is 0 Å². The highest BCUT2D eigenvalue weighted by Gasteiger charge is 2.44. The molecule has 17 heavy (non-hydrogen) atoms. The number of nitrogens with zero attached hydrogens (tertiary/aromatic N) is 1. The van der Waals surface area contributed by atoms with E-state index in [0.717, 1.165) is 19.6 Å². The van der Waals surface area contributed by atoms with Crippen LogP contribution in [0.15, 0.2) is 12.3 Å². The summed E-state index contributed by atoms with van der Waals surface area (Å²) >= 11 is 0. The molecule has 4 rings (SSSR count). The van der Waals surface area contributed by atoms with E-state index in [1.165, 1.54) is 31.2 Å². The van der Waals surface area contributed by atoms with E-state index in [-0.39, 0.29) is 0 Å². The summed E-state index contributed by atoms with van der Waals surface area (Å²) in [5.74, 6) is 0. The van der Waals surface area contributed by atoms with Gasteiger partial charge < -0.3 is 9.88 Å². The molecular weight excluding hydrogens is 208 g/mol. The molecule has 0 aromatic carbocycles. The van der Waals surface area contributed by atoms with Crippen molar-refractivity contribution >= 4 is 5.57 Å². The van der Waals surface area contributed by atoms with Crippen LogP contribution in [0.2, 0.25) is 0 Å². The fourth-order valence-corrected chi connectivity index (χ4v) is 4.04. The molecule has 90 valence electrons. The van der Waals surface area contributed by atoms with Crippen molar-refractivity contribution in [2.45, 2.75) is 44.6 Å². The molecule has 2 aliphatic carbocycles. The van der Waals surface area contributed by atoms with E-state index >= 15 is 0 Å². The molecule has 1 saturated carbocycles. The van der Waals surface area contributed by atoms with Crippen molar-refractivity contribution in [3.05, 3.63) is 29.1 Å². The van der Waals surface area contributed by atoms with Gasteiger partial charge in [0.15, 0.2) is 0 Å². The first-order valence-electron chi connectivity index (χ1n) is 6.90. The summed E-state index contributed by atoms with van der Waals surface area (Å²) in [6, 6.07) is 0. The number of aryl methyl sites for hydroxylation is 1. The molecule has 0 bridgehead atoms. The molecule has 1 N–H and O–H groups in total. The van der Waals surface area contributed by atoms with Crippen molar-refractivity contribution in [3.8, 4) is 0 Å². The summed E-state index contributed by atoms with van der Waals surface area (Å²) in [4.78, 5) is 0. The molecule has 0 unspecified atom stereocenters. The molecule has 2 nitrogen and oxygen atoms in total. The molecule has 1 aliphatic heterocycles. The number of hydrogen-bond donors (Lipinski definition) is 1. The number of hydrogen-bond acceptors (Lipinski definition) is 1. The molecule has 0 saturated heterocycles. The van der Waals surface area contributed by atoms with E-state index in [1.54, 1.807) is 16.8 Å². The van der Waals surface area contributed by atoms with E-state index in [1.807, 2.05) is 0 Å². The van der Waals surface area contributed by atoms with Crippen LogP contribution in [0.25, 0.3) is 5.57 Å². The third kappa shape index (κ3) is 1.19. The second-order valence-corrected chi connectivity index (χ2v) is 5.97. The highest BCUT2D eigenvalue weighted by Crippen LogP contribution is 2.53. The van der Waals surface area contributed by atoms with Gasteiger partial charge in [0.2, 0.25) is 0 Å². The summed E-state index contributed by atoms with van der Waals surface area (Å²) in [7, 11) is 0. The van der Waals surface area contributed by atoms with Gasteiger partial charge in [-0.2, -0.15) is 0 Å². The Hall–Kier alpha value is -1.02. The van der Waals surface area contributed by atoms with Gasteiger partial charge in [0.1, 0.15) is 0 Å². The average molecular weight is 228 g/mol. The fraction of sp³-hybridized carbons (Fsp3) is 0.600. The van der Waals surface area contributed by atoms with Gasteiger partial charge >= 0.3 is 0 Å². The lowest BCUT2D eigenvalue weighted by atomic mass is 9.59. The molecule has 0 radical (unpaired) electrons. The van der Waals surface area contributed by atoms with Crippen LogP contribution in [0.1, 0.15) is 42.5 Å². The Morgan fingerprint density at radius 1 is 1.35 bits per heavy atom. The van der Waals surface area contributed by atoms with Crippen molar-refractivity contribution in [2.75, 3.05) is 13.1 Å². The van der Waals surface area contributed by atoms with Crippen LogP contribution >= 0.6 is 0 Å². The SMILES string of the molecule is Cc1cn2c3c1C1(CC=C3CNCC2)CCC1. The minimum Gasteiger partial charge on any atom is -0.346 e. The second kappa shape index (κ2) is 3.26. The number of rotatable bonds is 0. The predicted octanol–water partition coefficient (Wildman–Crippen LogP) is 2.61. The first-order chi connectivity index (χ1) is 8.30. The maximum absolute atomic E-state index is 3.54. The third-order valence-electron chi connectivity index (χ3n) is 5.00. The van der Waals surface area contributed by atoms with Crippen LogP contribution in [-0.4, -0.2) is 17.7 Å². The first kappa shape index (κ1) is 9.95. The molecule has 2 heterocycles. The highest BCUT2D eigenvalue weighted by molar-refractivity contribution is 5.73. The third-order valence-corrected chi connectivity index (χ3v) is 5.00. The Labute approximate surface area is 103 Å². The van der Waals surface area contributed by atoms with Gasteiger partial charge in [0, 0.05) is 36.9 Å². The number of nitrogens with one attached hydrogen (secondary N) is 1. The monoisotopic (exact) mass is 228 g/mol. The number of fused-ring (bicyclic) bond motifs is 1. The highest BCUT2D eigenvalue weighted by atomic mass is 15.0. The molecule has 1 fully saturated rings.